The third-order valence-electron chi connectivity index (χ3n) is 3.91. The molecule has 0 amide bonds. The topological polar surface area (TPSA) is 39.1 Å². The standard InChI is InChI=1S/C17H23N3O/c1-3-5-17-19-15-11-18-9-8-16(15)20(17)14-7-4-6-13(10-14)12-21-2/h4,6-7,10,18H,3,5,8-9,11-12H2,1-2H3. The average Bonchev–Trinajstić information content (AvgIpc) is 2.86. The molecular weight excluding hydrogens is 262 g/mol. The largest absolute Gasteiger partial charge is 0.380 e. The van der Waals surface area contributed by atoms with Crippen LogP contribution in [-0.2, 0) is 30.7 Å². The van der Waals surface area contributed by atoms with Gasteiger partial charge in [-0.3, -0.25) is 0 Å². The smallest absolute Gasteiger partial charge is 0.113 e. The van der Waals surface area contributed by atoms with E-state index in [9.17, 15) is 0 Å². The Morgan fingerprint density at radius 2 is 2.29 bits per heavy atom. The van der Waals surface area contributed by atoms with E-state index in [1.165, 1.54) is 28.5 Å². The molecule has 3 rings (SSSR count). The van der Waals surface area contributed by atoms with E-state index in [0.717, 1.165) is 32.4 Å². The Kier molecular flexibility index (Phi) is 4.36. The molecule has 0 fully saturated rings. The summed E-state index contributed by atoms with van der Waals surface area (Å²) in [7, 11) is 1.74. The van der Waals surface area contributed by atoms with Gasteiger partial charge in [-0.15, -0.1) is 0 Å². The molecule has 1 aliphatic rings. The highest BCUT2D eigenvalue weighted by molar-refractivity contribution is 5.41. The zero-order valence-electron chi connectivity index (χ0n) is 12.9. The normalized spacial score (nSPS) is 14.2. The van der Waals surface area contributed by atoms with Crippen LogP contribution in [0.2, 0.25) is 0 Å². The van der Waals surface area contributed by atoms with E-state index in [-0.39, 0.29) is 0 Å². The molecule has 2 aromatic rings. The molecule has 0 spiro atoms. The maximum Gasteiger partial charge on any atom is 0.113 e. The minimum atomic E-state index is 0.648. The molecule has 0 aliphatic carbocycles. The fourth-order valence-electron chi connectivity index (χ4n) is 3.01. The van der Waals surface area contributed by atoms with Gasteiger partial charge in [0, 0.05) is 44.4 Å². The van der Waals surface area contributed by atoms with Gasteiger partial charge in [-0.1, -0.05) is 19.1 Å². The number of aromatic nitrogens is 2. The van der Waals surface area contributed by atoms with Crippen molar-refractivity contribution in [3.8, 4) is 5.69 Å². The van der Waals surface area contributed by atoms with Gasteiger partial charge >= 0.3 is 0 Å². The Bertz CT molecular complexity index is 618. The van der Waals surface area contributed by atoms with Gasteiger partial charge in [-0.05, 0) is 24.1 Å². The predicted molar refractivity (Wildman–Crippen MR) is 83.7 cm³/mol. The van der Waals surface area contributed by atoms with Crippen LogP contribution in [0.15, 0.2) is 24.3 Å². The number of ether oxygens (including phenoxy) is 1. The van der Waals surface area contributed by atoms with E-state index in [0.29, 0.717) is 6.61 Å². The number of hydrogen-bond acceptors (Lipinski definition) is 3. The van der Waals surface area contributed by atoms with E-state index < -0.39 is 0 Å². The van der Waals surface area contributed by atoms with Crippen LogP contribution >= 0.6 is 0 Å². The van der Waals surface area contributed by atoms with Crippen molar-refractivity contribution in [2.24, 2.45) is 0 Å². The maximum atomic E-state index is 5.26. The highest BCUT2D eigenvalue weighted by Crippen LogP contribution is 2.23. The van der Waals surface area contributed by atoms with Crippen molar-refractivity contribution in [3.05, 3.63) is 47.0 Å². The van der Waals surface area contributed by atoms with Crippen LogP contribution in [0, 0.1) is 0 Å². The summed E-state index contributed by atoms with van der Waals surface area (Å²) >= 11 is 0. The molecule has 1 aromatic carbocycles. The molecule has 0 radical (unpaired) electrons. The molecule has 4 heteroatoms. The van der Waals surface area contributed by atoms with Gasteiger partial charge in [0.25, 0.3) is 0 Å². The average molecular weight is 285 g/mol. The fraction of sp³-hybridized carbons (Fsp3) is 0.471. The molecule has 21 heavy (non-hydrogen) atoms. The second-order valence-electron chi connectivity index (χ2n) is 5.54. The van der Waals surface area contributed by atoms with Crippen LogP contribution < -0.4 is 5.32 Å². The zero-order valence-corrected chi connectivity index (χ0v) is 12.9. The summed E-state index contributed by atoms with van der Waals surface area (Å²) in [6, 6.07) is 8.60. The van der Waals surface area contributed by atoms with Crippen molar-refractivity contribution in [3.63, 3.8) is 0 Å². The number of nitrogens with one attached hydrogen (secondary N) is 1. The molecule has 0 saturated heterocycles. The minimum absolute atomic E-state index is 0.648. The van der Waals surface area contributed by atoms with E-state index in [1.54, 1.807) is 7.11 Å². The summed E-state index contributed by atoms with van der Waals surface area (Å²) in [6.07, 6.45) is 3.17. The SMILES string of the molecule is CCCc1nc2c(n1-c1cccc(COC)c1)CCNC2. The maximum absolute atomic E-state index is 5.26. The van der Waals surface area contributed by atoms with Gasteiger partial charge in [-0.2, -0.15) is 0 Å². The lowest BCUT2D eigenvalue weighted by atomic mass is 10.1. The Labute approximate surface area is 126 Å². The number of aryl methyl sites for hydroxylation is 1. The minimum Gasteiger partial charge on any atom is -0.380 e. The van der Waals surface area contributed by atoms with Crippen LogP contribution in [-0.4, -0.2) is 23.2 Å². The molecule has 2 heterocycles. The number of hydrogen-bond donors (Lipinski definition) is 1. The number of rotatable bonds is 5. The third kappa shape index (κ3) is 2.87. The highest BCUT2D eigenvalue weighted by Gasteiger charge is 2.20. The summed E-state index contributed by atoms with van der Waals surface area (Å²) in [5.41, 5.74) is 4.99. The first-order chi connectivity index (χ1) is 10.3. The Morgan fingerprint density at radius 3 is 3.10 bits per heavy atom. The van der Waals surface area contributed by atoms with Gasteiger partial charge in [0.15, 0.2) is 0 Å². The lowest BCUT2D eigenvalue weighted by Crippen LogP contribution is -2.24. The summed E-state index contributed by atoms with van der Waals surface area (Å²) < 4.78 is 7.62. The zero-order chi connectivity index (χ0) is 14.7. The van der Waals surface area contributed by atoms with Crippen molar-refractivity contribution >= 4 is 0 Å². The van der Waals surface area contributed by atoms with Crippen molar-refractivity contribution in [2.45, 2.75) is 39.3 Å². The summed E-state index contributed by atoms with van der Waals surface area (Å²) in [5, 5.41) is 3.41. The number of methoxy groups -OCH3 is 1. The summed E-state index contributed by atoms with van der Waals surface area (Å²) in [6.45, 7) is 4.77. The van der Waals surface area contributed by atoms with Crippen molar-refractivity contribution in [1.29, 1.82) is 0 Å². The number of fused-ring (bicyclic) bond motifs is 1. The van der Waals surface area contributed by atoms with Crippen molar-refractivity contribution in [2.75, 3.05) is 13.7 Å². The highest BCUT2D eigenvalue weighted by atomic mass is 16.5. The van der Waals surface area contributed by atoms with Crippen LogP contribution in [0.25, 0.3) is 5.69 Å². The molecule has 1 N–H and O–H groups in total. The van der Waals surface area contributed by atoms with Crippen molar-refractivity contribution in [1.82, 2.24) is 14.9 Å². The van der Waals surface area contributed by atoms with Gasteiger partial charge < -0.3 is 14.6 Å². The number of nitrogens with zero attached hydrogens (tertiary/aromatic N) is 2. The molecule has 0 atom stereocenters. The molecule has 0 unspecified atom stereocenters. The molecule has 1 aliphatic heterocycles. The molecule has 0 saturated carbocycles. The van der Waals surface area contributed by atoms with Crippen molar-refractivity contribution < 1.29 is 4.74 Å². The second kappa shape index (κ2) is 6.41. The van der Waals surface area contributed by atoms with E-state index in [4.69, 9.17) is 9.72 Å². The van der Waals surface area contributed by atoms with Crippen LogP contribution in [0.4, 0.5) is 0 Å². The Morgan fingerprint density at radius 1 is 1.38 bits per heavy atom. The quantitative estimate of drug-likeness (QED) is 0.918. The van der Waals surface area contributed by atoms with Gasteiger partial charge in [0.05, 0.1) is 12.3 Å². The Hall–Kier alpha value is -1.65. The molecule has 112 valence electrons. The van der Waals surface area contributed by atoms with Gasteiger partial charge in [-0.25, -0.2) is 4.98 Å². The first kappa shape index (κ1) is 14.3. The van der Waals surface area contributed by atoms with E-state index in [2.05, 4.69) is 41.1 Å². The first-order valence-electron chi connectivity index (χ1n) is 7.71. The Balaban J connectivity index is 2.07. The predicted octanol–water partition coefficient (Wildman–Crippen LogP) is 2.62. The molecule has 0 bridgehead atoms. The van der Waals surface area contributed by atoms with Gasteiger partial charge in [0.2, 0.25) is 0 Å². The van der Waals surface area contributed by atoms with Crippen LogP contribution in [0.1, 0.15) is 36.1 Å². The van der Waals surface area contributed by atoms with E-state index in [1.807, 2.05) is 0 Å². The lowest BCUT2D eigenvalue weighted by molar-refractivity contribution is 0.185. The van der Waals surface area contributed by atoms with E-state index >= 15 is 0 Å². The number of imidazole rings is 1. The van der Waals surface area contributed by atoms with Crippen LogP contribution in [0.5, 0.6) is 0 Å². The summed E-state index contributed by atoms with van der Waals surface area (Å²) in [5.74, 6) is 1.18. The van der Waals surface area contributed by atoms with Crippen LogP contribution in [0.3, 0.4) is 0 Å². The molecule has 4 nitrogen and oxygen atoms in total. The molecule has 1 aromatic heterocycles. The first-order valence-corrected chi connectivity index (χ1v) is 7.71. The number of benzene rings is 1. The second-order valence-corrected chi connectivity index (χ2v) is 5.54. The fourth-order valence-corrected chi connectivity index (χ4v) is 3.01. The lowest BCUT2D eigenvalue weighted by Gasteiger charge is -2.17. The monoisotopic (exact) mass is 285 g/mol. The summed E-state index contributed by atoms with van der Waals surface area (Å²) in [4.78, 5) is 4.86. The third-order valence-corrected chi connectivity index (χ3v) is 3.91. The van der Waals surface area contributed by atoms with Gasteiger partial charge in [0.1, 0.15) is 5.82 Å². The molecular formula is C17H23N3O.